The Kier molecular flexibility index (Phi) is 1.33. The van der Waals surface area contributed by atoms with E-state index in [0.29, 0.717) is 0 Å². The lowest BCUT2D eigenvalue weighted by atomic mass is 9.58. The summed E-state index contributed by atoms with van der Waals surface area (Å²) in [6, 6.07) is 0. The van der Waals surface area contributed by atoms with Crippen molar-refractivity contribution in [2.45, 2.75) is 26.7 Å². The minimum absolute atomic E-state index is 0.734. The summed E-state index contributed by atoms with van der Waals surface area (Å²) in [4.78, 5) is 2.39. The van der Waals surface area contributed by atoms with Gasteiger partial charge < -0.3 is 4.90 Å². The maximum atomic E-state index is 3.95. The molecule has 0 amide bonds. The van der Waals surface area contributed by atoms with Crippen molar-refractivity contribution in [3.8, 4) is 0 Å². The molecule has 1 aliphatic heterocycles. The van der Waals surface area contributed by atoms with Gasteiger partial charge in [-0.25, -0.2) is 0 Å². The van der Waals surface area contributed by atoms with Gasteiger partial charge in [0.25, 0.3) is 0 Å². The molecule has 1 heterocycles. The lowest BCUT2D eigenvalue weighted by Gasteiger charge is -2.59. The molecule has 1 aliphatic carbocycles. The Hall–Kier alpha value is -0.460. The predicted octanol–water partition coefficient (Wildman–Crippen LogP) is 2.25. The number of hydrogen-bond acceptors (Lipinski definition) is 1. The van der Waals surface area contributed by atoms with Gasteiger partial charge in [0.15, 0.2) is 0 Å². The molecule has 1 saturated heterocycles. The van der Waals surface area contributed by atoms with Crippen LogP contribution < -0.4 is 0 Å². The van der Waals surface area contributed by atoms with Crippen molar-refractivity contribution in [1.82, 2.24) is 4.90 Å². The highest BCUT2D eigenvalue weighted by molar-refractivity contribution is 5.09. The summed E-state index contributed by atoms with van der Waals surface area (Å²) in [7, 11) is 0. The van der Waals surface area contributed by atoms with Crippen molar-refractivity contribution in [3.05, 3.63) is 12.3 Å². The first-order valence-corrected chi connectivity index (χ1v) is 4.52. The van der Waals surface area contributed by atoms with Gasteiger partial charge in [-0.3, -0.25) is 0 Å². The van der Waals surface area contributed by atoms with Crippen LogP contribution in [0.5, 0.6) is 0 Å². The monoisotopic (exact) mass is 151 g/mol. The van der Waals surface area contributed by atoms with Crippen LogP contribution in [0.3, 0.4) is 0 Å². The molecule has 2 rings (SSSR count). The highest BCUT2D eigenvalue weighted by atomic mass is 15.2. The third kappa shape index (κ3) is 0.979. The zero-order valence-electron chi connectivity index (χ0n) is 7.56. The van der Waals surface area contributed by atoms with Crippen LogP contribution >= 0.6 is 0 Å². The first-order chi connectivity index (χ1) is 5.11. The Morgan fingerprint density at radius 2 is 2.00 bits per heavy atom. The van der Waals surface area contributed by atoms with Crippen LogP contribution in [-0.4, -0.2) is 18.0 Å². The van der Waals surface area contributed by atoms with Crippen LogP contribution in [-0.2, 0) is 0 Å². The summed E-state index contributed by atoms with van der Waals surface area (Å²) in [5.74, 6) is 0.988. The quantitative estimate of drug-likeness (QED) is 0.555. The molecule has 1 spiro atoms. The van der Waals surface area contributed by atoms with Gasteiger partial charge in [0.2, 0.25) is 0 Å². The molecule has 0 atom stereocenters. The fourth-order valence-electron chi connectivity index (χ4n) is 2.71. The van der Waals surface area contributed by atoms with E-state index >= 15 is 0 Å². The molecule has 1 heteroatoms. The van der Waals surface area contributed by atoms with Crippen LogP contribution in [0.1, 0.15) is 26.7 Å². The van der Waals surface area contributed by atoms with Crippen molar-refractivity contribution >= 4 is 0 Å². The molecule has 0 N–H and O–H groups in total. The van der Waals surface area contributed by atoms with Crippen molar-refractivity contribution in [3.63, 3.8) is 0 Å². The number of rotatable bonds is 1. The van der Waals surface area contributed by atoms with Crippen LogP contribution in [0.25, 0.3) is 0 Å². The van der Waals surface area contributed by atoms with E-state index in [2.05, 4.69) is 25.3 Å². The van der Waals surface area contributed by atoms with Gasteiger partial charge in [0.1, 0.15) is 0 Å². The first kappa shape index (κ1) is 7.20. The molecule has 11 heavy (non-hydrogen) atoms. The van der Waals surface area contributed by atoms with E-state index in [9.17, 15) is 0 Å². The number of likely N-dealkylation sites (tertiary alicyclic amines) is 1. The minimum atomic E-state index is 0.734. The molecule has 2 aliphatic rings. The maximum absolute atomic E-state index is 3.95. The van der Waals surface area contributed by atoms with E-state index in [1.165, 1.54) is 31.6 Å². The molecule has 0 unspecified atom stereocenters. The van der Waals surface area contributed by atoms with Gasteiger partial charge in [-0.05, 0) is 25.7 Å². The second-order valence-electron chi connectivity index (χ2n) is 4.60. The van der Waals surface area contributed by atoms with Gasteiger partial charge in [0, 0.05) is 24.2 Å². The lowest BCUT2D eigenvalue weighted by Crippen LogP contribution is -2.60. The van der Waals surface area contributed by atoms with Gasteiger partial charge in [-0.1, -0.05) is 13.5 Å². The highest BCUT2D eigenvalue weighted by Crippen LogP contribution is 2.52. The average molecular weight is 151 g/mol. The summed E-state index contributed by atoms with van der Waals surface area (Å²) in [5, 5.41) is 0. The molecular formula is C10H17N. The second kappa shape index (κ2) is 2.02. The van der Waals surface area contributed by atoms with Gasteiger partial charge in [0.05, 0.1) is 0 Å². The van der Waals surface area contributed by atoms with E-state index in [1.54, 1.807) is 0 Å². The van der Waals surface area contributed by atoms with Gasteiger partial charge >= 0.3 is 0 Å². The van der Waals surface area contributed by atoms with Crippen molar-refractivity contribution in [2.24, 2.45) is 11.3 Å². The molecule has 1 saturated carbocycles. The highest BCUT2D eigenvalue weighted by Gasteiger charge is 2.50. The smallest absolute Gasteiger partial charge is 0.0248 e. The Morgan fingerprint density at radius 1 is 1.45 bits per heavy atom. The zero-order chi connectivity index (χ0) is 8.06. The van der Waals surface area contributed by atoms with Crippen molar-refractivity contribution < 1.29 is 0 Å². The molecule has 62 valence electrons. The summed E-state index contributed by atoms with van der Waals surface area (Å²) in [6.45, 7) is 11.0. The van der Waals surface area contributed by atoms with Crippen molar-refractivity contribution in [1.29, 1.82) is 0 Å². The fourth-order valence-corrected chi connectivity index (χ4v) is 2.71. The molecule has 0 radical (unpaired) electrons. The number of allylic oxidation sites excluding steroid dienone is 1. The van der Waals surface area contributed by atoms with Crippen LogP contribution in [0.15, 0.2) is 12.3 Å². The molecule has 2 fully saturated rings. The average Bonchev–Trinajstić information content (AvgIpc) is 1.73. The third-order valence-corrected chi connectivity index (χ3v) is 3.16. The SMILES string of the molecule is C=C(C)N1CC2(CC(C)C2)C1. The van der Waals surface area contributed by atoms with Gasteiger partial charge in [-0.15, -0.1) is 0 Å². The maximum Gasteiger partial charge on any atom is 0.0248 e. The Bertz CT molecular complexity index is 181. The van der Waals surface area contributed by atoms with Crippen LogP contribution in [0, 0.1) is 11.3 Å². The van der Waals surface area contributed by atoms with Crippen LogP contribution in [0.2, 0.25) is 0 Å². The summed E-state index contributed by atoms with van der Waals surface area (Å²) >= 11 is 0. The van der Waals surface area contributed by atoms with E-state index in [1.807, 2.05) is 0 Å². The van der Waals surface area contributed by atoms with E-state index in [4.69, 9.17) is 0 Å². The lowest BCUT2D eigenvalue weighted by molar-refractivity contribution is -0.0710. The molecule has 1 nitrogen and oxygen atoms in total. The Morgan fingerprint density at radius 3 is 2.36 bits per heavy atom. The van der Waals surface area contributed by atoms with E-state index in [-0.39, 0.29) is 0 Å². The Balaban J connectivity index is 1.84. The predicted molar refractivity (Wildman–Crippen MR) is 47.2 cm³/mol. The van der Waals surface area contributed by atoms with Crippen LogP contribution in [0.4, 0.5) is 0 Å². The number of nitrogens with zero attached hydrogens (tertiary/aromatic N) is 1. The Labute approximate surface area is 69.1 Å². The summed E-state index contributed by atoms with van der Waals surface area (Å²) in [5.41, 5.74) is 1.98. The largest absolute Gasteiger partial charge is 0.374 e. The standard InChI is InChI=1S/C10H17N/c1-8(2)11-6-10(7-11)4-9(3)5-10/h9H,1,4-7H2,2-3H3. The van der Waals surface area contributed by atoms with E-state index < -0.39 is 0 Å². The molecule has 0 bridgehead atoms. The molecule has 0 aromatic heterocycles. The first-order valence-electron chi connectivity index (χ1n) is 4.52. The topological polar surface area (TPSA) is 3.24 Å². The normalized spacial score (nSPS) is 28.0. The fraction of sp³-hybridized carbons (Fsp3) is 0.800. The summed E-state index contributed by atoms with van der Waals surface area (Å²) < 4.78 is 0. The molecule has 0 aromatic rings. The third-order valence-electron chi connectivity index (χ3n) is 3.16. The zero-order valence-corrected chi connectivity index (χ0v) is 7.56. The summed E-state index contributed by atoms with van der Waals surface area (Å²) in [6.07, 6.45) is 2.91. The molecule has 0 aromatic carbocycles. The van der Waals surface area contributed by atoms with Crippen molar-refractivity contribution in [2.75, 3.05) is 13.1 Å². The minimum Gasteiger partial charge on any atom is -0.374 e. The van der Waals surface area contributed by atoms with Gasteiger partial charge in [-0.2, -0.15) is 0 Å². The van der Waals surface area contributed by atoms with E-state index in [0.717, 1.165) is 11.3 Å². The molecular weight excluding hydrogens is 134 g/mol. The second-order valence-corrected chi connectivity index (χ2v) is 4.60. The number of hydrogen-bond donors (Lipinski definition) is 0.